The lowest BCUT2D eigenvalue weighted by Crippen LogP contribution is -2.36. The molecule has 0 fully saturated rings. The number of thioether (sulfide) groups is 1. The zero-order chi connectivity index (χ0) is 22.7. The summed E-state index contributed by atoms with van der Waals surface area (Å²) in [5, 5.41) is 4.99. The van der Waals surface area contributed by atoms with E-state index in [1.807, 2.05) is 43.3 Å². The molecule has 0 aliphatic carbocycles. The lowest BCUT2D eigenvalue weighted by molar-refractivity contribution is -0.117. The van der Waals surface area contributed by atoms with E-state index in [0.29, 0.717) is 15.9 Å². The molecule has 4 aromatic rings. The summed E-state index contributed by atoms with van der Waals surface area (Å²) >= 11 is 2.30. The van der Waals surface area contributed by atoms with Gasteiger partial charge in [-0.3, -0.25) is 14.9 Å². The second kappa shape index (κ2) is 9.25. The smallest absolute Gasteiger partial charge is 0.325 e. The molecule has 0 radical (unpaired) electrons. The molecule has 0 saturated carbocycles. The minimum absolute atomic E-state index is 0.133. The summed E-state index contributed by atoms with van der Waals surface area (Å²) in [6, 6.07) is 17.9. The number of anilines is 1. The van der Waals surface area contributed by atoms with E-state index in [4.69, 9.17) is 5.84 Å². The Morgan fingerprint density at radius 2 is 1.84 bits per heavy atom. The van der Waals surface area contributed by atoms with E-state index in [0.717, 1.165) is 32.4 Å². The van der Waals surface area contributed by atoms with Crippen LogP contribution < -0.4 is 22.0 Å². The van der Waals surface area contributed by atoms with Gasteiger partial charge < -0.3 is 11.2 Å². The average molecular weight is 466 g/mol. The predicted molar refractivity (Wildman–Crippen MR) is 129 cm³/mol. The van der Waals surface area contributed by atoms with E-state index in [-0.39, 0.29) is 16.5 Å². The molecule has 0 spiro atoms. The van der Waals surface area contributed by atoms with E-state index in [1.54, 1.807) is 24.3 Å². The van der Waals surface area contributed by atoms with Crippen molar-refractivity contribution in [3.8, 4) is 10.4 Å². The molecule has 3 amide bonds. The van der Waals surface area contributed by atoms with Crippen molar-refractivity contribution in [2.75, 3.05) is 16.9 Å². The molecule has 4 N–H and O–H groups in total. The third-order valence-corrected chi connectivity index (χ3v) is 6.61. The maximum Gasteiger partial charge on any atom is 0.325 e. The Labute approximate surface area is 191 Å². The van der Waals surface area contributed by atoms with Crippen molar-refractivity contribution >= 4 is 50.9 Å². The van der Waals surface area contributed by atoms with E-state index in [1.165, 1.54) is 11.3 Å². The molecule has 4 rings (SSSR count). The highest BCUT2D eigenvalue weighted by Crippen LogP contribution is 2.31. The van der Waals surface area contributed by atoms with Crippen LogP contribution in [0.3, 0.4) is 0 Å². The molecule has 0 saturated heterocycles. The molecule has 0 bridgehead atoms. The zero-order valence-corrected chi connectivity index (χ0v) is 18.6. The van der Waals surface area contributed by atoms with Gasteiger partial charge in [-0.2, -0.15) is 0 Å². The van der Waals surface area contributed by atoms with Crippen LogP contribution in [0.15, 0.2) is 70.6 Å². The number of nitrogen functional groups attached to an aromatic ring is 1. The molecule has 32 heavy (non-hydrogen) atoms. The second-order valence-electron chi connectivity index (χ2n) is 6.92. The van der Waals surface area contributed by atoms with E-state index >= 15 is 0 Å². The van der Waals surface area contributed by atoms with Gasteiger partial charge in [0.1, 0.15) is 4.70 Å². The number of nitrogens with one attached hydrogen (secondary N) is 2. The van der Waals surface area contributed by atoms with Gasteiger partial charge in [-0.15, -0.1) is 11.3 Å². The summed E-state index contributed by atoms with van der Waals surface area (Å²) in [4.78, 5) is 42.1. The number of aryl methyl sites for hydroxylation is 1. The number of carbonyl (C=O) groups is 2. The van der Waals surface area contributed by atoms with Crippen LogP contribution in [0.2, 0.25) is 0 Å². The number of thiophene rings is 1. The average Bonchev–Trinajstić information content (AvgIpc) is 3.20. The molecule has 0 unspecified atom stereocenters. The first kappa shape index (κ1) is 21.6. The van der Waals surface area contributed by atoms with Gasteiger partial charge in [-0.1, -0.05) is 59.8 Å². The molecule has 10 heteroatoms. The Bertz CT molecular complexity index is 1350. The third-order valence-electron chi connectivity index (χ3n) is 4.50. The first-order valence-electron chi connectivity index (χ1n) is 9.58. The van der Waals surface area contributed by atoms with Gasteiger partial charge >= 0.3 is 6.03 Å². The van der Waals surface area contributed by atoms with E-state index < -0.39 is 11.9 Å². The Balaban J connectivity index is 1.46. The van der Waals surface area contributed by atoms with Gasteiger partial charge in [0.15, 0.2) is 5.16 Å². The van der Waals surface area contributed by atoms with Crippen LogP contribution in [0.5, 0.6) is 0 Å². The topological polar surface area (TPSA) is 119 Å². The Hall–Kier alpha value is -3.63. The highest BCUT2D eigenvalue weighted by Gasteiger charge is 2.16. The van der Waals surface area contributed by atoms with Crippen molar-refractivity contribution < 1.29 is 9.59 Å². The van der Waals surface area contributed by atoms with Gasteiger partial charge in [-0.25, -0.2) is 14.5 Å². The quantitative estimate of drug-likeness (QED) is 0.235. The molecule has 0 aliphatic heterocycles. The van der Waals surface area contributed by atoms with Crippen molar-refractivity contribution in [2.45, 2.75) is 12.1 Å². The fourth-order valence-electron chi connectivity index (χ4n) is 2.91. The Morgan fingerprint density at radius 3 is 2.56 bits per heavy atom. The standard InChI is InChI=1S/C22H19N5O3S2/c1-13-7-9-14(10-8-13)17-11-16-19(32-17)20(29)27(23)22(25-16)31-12-18(28)26-21(30)24-15-5-3-2-4-6-15/h2-11H,12,23H2,1H3,(H2,24,26,28,30). The van der Waals surface area contributed by atoms with Crippen molar-refractivity contribution in [2.24, 2.45) is 0 Å². The minimum atomic E-state index is -0.643. The highest BCUT2D eigenvalue weighted by molar-refractivity contribution is 7.99. The number of para-hydroxylation sites is 1. The zero-order valence-electron chi connectivity index (χ0n) is 17.0. The number of hydrogen-bond donors (Lipinski definition) is 3. The second-order valence-corrected chi connectivity index (χ2v) is 8.91. The molecule has 2 heterocycles. The van der Waals surface area contributed by atoms with Gasteiger partial charge in [0.25, 0.3) is 5.56 Å². The SMILES string of the molecule is Cc1ccc(-c2cc3nc(SCC(=O)NC(=O)Nc4ccccc4)n(N)c(=O)c3s2)cc1. The predicted octanol–water partition coefficient (Wildman–Crippen LogP) is 3.59. The van der Waals surface area contributed by atoms with Gasteiger partial charge in [0.2, 0.25) is 5.91 Å². The molecule has 2 aromatic carbocycles. The summed E-state index contributed by atoms with van der Waals surface area (Å²) < 4.78 is 1.37. The lowest BCUT2D eigenvalue weighted by atomic mass is 10.1. The number of hydrogen-bond acceptors (Lipinski definition) is 7. The number of carbonyl (C=O) groups excluding carboxylic acids is 2. The highest BCUT2D eigenvalue weighted by atomic mass is 32.2. The van der Waals surface area contributed by atoms with Crippen LogP contribution in [-0.4, -0.2) is 27.4 Å². The normalized spacial score (nSPS) is 10.8. The number of fused-ring (bicyclic) bond motifs is 1. The van der Waals surface area contributed by atoms with Crippen LogP contribution in [0, 0.1) is 6.92 Å². The largest absolute Gasteiger partial charge is 0.334 e. The molecule has 0 atom stereocenters. The van der Waals surface area contributed by atoms with E-state index in [9.17, 15) is 14.4 Å². The van der Waals surface area contributed by atoms with Crippen LogP contribution in [0.4, 0.5) is 10.5 Å². The molecular formula is C22H19N5O3S2. The Kier molecular flexibility index (Phi) is 6.24. The number of nitrogens with two attached hydrogens (primary N) is 1. The first-order valence-corrected chi connectivity index (χ1v) is 11.4. The third kappa shape index (κ3) is 4.82. The monoisotopic (exact) mass is 465 g/mol. The number of aromatic nitrogens is 2. The van der Waals surface area contributed by atoms with Crippen LogP contribution in [-0.2, 0) is 4.79 Å². The van der Waals surface area contributed by atoms with Crippen molar-refractivity contribution in [3.63, 3.8) is 0 Å². The summed E-state index contributed by atoms with van der Waals surface area (Å²) in [6.45, 7) is 2.01. The fraction of sp³-hybridized carbons (Fsp3) is 0.0909. The van der Waals surface area contributed by atoms with Gasteiger partial charge in [0, 0.05) is 10.6 Å². The Morgan fingerprint density at radius 1 is 1.12 bits per heavy atom. The summed E-state index contributed by atoms with van der Waals surface area (Å²) in [7, 11) is 0. The van der Waals surface area contributed by atoms with Crippen LogP contribution >= 0.6 is 23.1 Å². The summed E-state index contributed by atoms with van der Waals surface area (Å²) in [5.41, 5.74) is 2.83. The number of nitrogens with zero attached hydrogens (tertiary/aromatic N) is 2. The van der Waals surface area contributed by atoms with Crippen molar-refractivity contribution in [3.05, 3.63) is 76.6 Å². The van der Waals surface area contributed by atoms with E-state index in [2.05, 4.69) is 15.6 Å². The van der Waals surface area contributed by atoms with Gasteiger partial charge in [0.05, 0.1) is 11.3 Å². The van der Waals surface area contributed by atoms with Crippen molar-refractivity contribution in [1.82, 2.24) is 15.0 Å². The lowest BCUT2D eigenvalue weighted by Gasteiger charge is -2.08. The molecule has 162 valence electrons. The summed E-state index contributed by atoms with van der Waals surface area (Å²) in [6.07, 6.45) is 0. The fourth-order valence-corrected chi connectivity index (χ4v) is 4.67. The number of benzene rings is 2. The molecule has 2 aromatic heterocycles. The minimum Gasteiger partial charge on any atom is -0.334 e. The summed E-state index contributed by atoms with van der Waals surface area (Å²) in [5.74, 6) is 5.25. The maximum atomic E-state index is 12.7. The first-order chi connectivity index (χ1) is 15.4. The molecule has 8 nitrogen and oxygen atoms in total. The van der Waals surface area contributed by atoms with Crippen LogP contribution in [0.1, 0.15) is 5.56 Å². The molecular weight excluding hydrogens is 446 g/mol. The van der Waals surface area contributed by atoms with Crippen molar-refractivity contribution in [1.29, 1.82) is 0 Å². The van der Waals surface area contributed by atoms with Crippen LogP contribution in [0.25, 0.3) is 20.7 Å². The molecule has 0 aliphatic rings. The number of rotatable bonds is 5. The maximum absolute atomic E-state index is 12.7. The number of amides is 3. The number of urea groups is 1. The van der Waals surface area contributed by atoms with Gasteiger partial charge in [-0.05, 0) is 30.7 Å². The number of imide groups is 1.